The van der Waals surface area contributed by atoms with Gasteiger partial charge in [-0.3, -0.25) is 24.1 Å². The largest absolute Gasteiger partial charge is 0.354 e. The van der Waals surface area contributed by atoms with Gasteiger partial charge in [0, 0.05) is 37.2 Å². The van der Waals surface area contributed by atoms with E-state index in [1.54, 1.807) is 18.2 Å². The third kappa shape index (κ3) is 10.1. The van der Waals surface area contributed by atoms with Crippen LogP contribution in [0.5, 0.6) is 0 Å². The first-order valence-corrected chi connectivity index (χ1v) is 18.4. The van der Waals surface area contributed by atoms with Gasteiger partial charge in [-0.15, -0.1) is 0 Å². The first-order valence-electron chi connectivity index (χ1n) is 17.6. The summed E-state index contributed by atoms with van der Waals surface area (Å²) < 4.78 is 4.89. The quantitative estimate of drug-likeness (QED) is 0.0729. The fraction of sp³-hybridized carbons (Fsp3) is 0.385. The maximum absolute atomic E-state index is 12.8. The van der Waals surface area contributed by atoms with Gasteiger partial charge >= 0.3 is 0 Å². The minimum atomic E-state index is -0.210. The minimum Gasteiger partial charge on any atom is -0.354 e. The topological polar surface area (TPSA) is 134 Å². The number of imide groups is 1. The van der Waals surface area contributed by atoms with Crippen molar-refractivity contribution < 1.29 is 23.8 Å². The lowest BCUT2D eigenvalue weighted by Crippen LogP contribution is -2.29. The van der Waals surface area contributed by atoms with E-state index in [-0.39, 0.29) is 22.8 Å². The molecule has 0 atom stereocenters. The van der Waals surface area contributed by atoms with Crippen molar-refractivity contribution in [2.45, 2.75) is 84.5 Å². The predicted octanol–water partition coefficient (Wildman–Crippen LogP) is 8.77. The molecule has 1 fully saturated rings. The lowest BCUT2D eigenvalue weighted by molar-refractivity contribution is -0.123. The predicted molar refractivity (Wildman–Crippen MR) is 198 cm³/mol. The van der Waals surface area contributed by atoms with Gasteiger partial charge in [0.1, 0.15) is 11.3 Å². The zero-order valence-electron chi connectivity index (χ0n) is 28.8. The van der Waals surface area contributed by atoms with Gasteiger partial charge in [-0.25, -0.2) is 4.63 Å². The van der Waals surface area contributed by atoms with Gasteiger partial charge in [0.05, 0.1) is 10.6 Å². The summed E-state index contributed by atoms with van der Waals surface area (Å²) in [5.74, 6) is -0.0554. The third-order valence-electron chi connectivity index (χ3n) is 8.86. The molecule has 1 aliphatic rings. The van der Waals surface area contributed by atoms with Crippen molar-refractivity contribution in [1.82, 2.24) is 20.5 Å². The van der Waals surface area contributed by atoms with Crippen molar-refractivity contribution in [3.8, 4) is 0 Å². The van der Waals surface area contributed by atoms with Gasteiger partial charge in [-0.05, 0) is 114 Å². The molecular formula is C39H45N5O5S. The van der Waals surface area contributed by atoms with Crippen molar-refractivity contribution >= 4 is 63.1 Å². The normalized spacial score (nSPS) is 13.8. The molecule has 1 aliphatic heterocycles. The maximum Gasteiger partial charge on any atom is 0.293 e. The van der Waals surface area contributed by atoms with Gasteiger partial charge in [0.15, 0.2) is 5.52 Å². The average molecular weight is 696 g/mol. The SMILES string of the molecule is CCc1ccc(/C=C2\SC(=O)N(CCCCCCCC(=O)CCCCCNC(=O)c3ccc(Nc4ccc(C)c5nonc45)cc3)C2=O)cc1. The molecule has 0 unspecified atom stereocenters. The first-order chi connectivity index (χ1) is 24.3. The smallest absolute Gasteiger partial charge is 0.293 e. The molecule has 4 aromatic rings. The Balaban J connectivity index is 0.876. The van der Waals surface area contributed by atoms with E-state index in [0.717, 1.165) is 92.1 Å². The Morgan fingerprint density at radius 1 is 0.820 bits per heavy atom. The van der Waals surface area contributed by atoms with Gasteiger partial charge in [-0.2, -0.15) is 0 Å². The molecule has 3 amide bonds. The van der Waals surface area contributed by atoms with Crippen molar-refractivity contribution in [3.05, 3.63) is 87.8 Å². The van der Waals surface area contributed by atoms with E-state index in [1.807, 2.05) is 55.5 Å². The van der Waals surface area contributed by atoms with Crippen molar-refractivity contribution in [2.75, 3.05) is 18.4 Å². The van der Waals surface area contributed by atoms with Crippen LogP contribution in [0.2, 0.25) is 0 Å². The van der Waals surface area contributed by atoms with E-state index in [1.165, 1.54) is 10.5 Å². The monoisotopic (exact) mass is 695 g/mol. The van der Waals surface area contributed by atoms with E-state index in [0.29, 0.717) is 47.4 Å². The number of anilines is 2. The Bertz CT molecular complexity index is 1820. The van der Waals surface area contributed by atoms with Gasteiger partial charge in [0.2, 0.25) is 0 Å². The summed E-state index contributed by atoms with van der Waals surface area (Å²) in [5, 5.41) is 14.0. The highest BCUT2D eigenvalue weighted by atomic mass is 32.2. The molecule has 1 aromatic heterocycles. The standard InChI is InChI=1S/C39H45N5O5S/c1-3-28-15-17-29(18-16-28)26-34-38(47)44(39(48)50-34)25-11-6-4-5-8-12-32(45)13-9-7-10-24-40-37(46)30-19-21-31(22-20-30)41-33-23-14-27(2)35-36(33)43-49-42-35/h14-23,26,41H,3-13,24-25H2,1-2H3,(H,40,46)/b34-26-. The summed E-state index contributed by atoms with van der Waals surface area (Å²) in [4.78, 5) is 51.9. The molecule has 262 valence electrons. The Labute approximate surface area is 297 Å². The zero-order valence-corrected chi connectivity index (χ0v) is 29.7. The lowest BCUT2D eigenvalue weighted by Gasteiger charge is -2.12. The number of nitrogens with one attached hydrogen (secondary N) is 2. The number of hydrogen-bond acceptors (Lipinski definition) is 9. The molecule has 1 saturated heterocycles. The van der Waals surface area contributed by atoms with Crippen LogP contribution in [0.15, 0.2) is 70.2 Å². The highest BCUT2D eigenvalue weighted by molar-refractivity contribution is 8.18. The number of benzene rings is 3. The molecule has 5 rings (SSSR count). The number of amides is 3. The summed E-state index contributed by atoms with van der Waals surface area (Å²) in [6, 6.07) is 19.2. The van der Waals surface area contributed by atoms with Crippen LogP contribution in [-0.4, -0.2) is 51.1 Å². The number of hydrogen-bond donors (Lipinski definition) is 2. The number of aryl methyl sites for hydroxylation is 2. The minimum absolute atomic E-state index is 0.126. The van der Waals surface area contributed by atoms with Crippen molar-refractivity contribution in [1.29, 1.82) is 0 Å². The number of Topliss-reactive ketones (excluding diaryl/α,β-unsaturated/α-hetero) is 1. The van der Waals surface area contributed by atoms with Crippen LogP contribution in [0, 0.1) is 6.92 Å². The van der Waals surface area contributed by atoms with E-state index in [9.17, 15) is 19.2 Å². The van der Waals surface area contributed by atoms with E-state index in [4.69, 9.17) is 4.63 Å². The zero-order chi connectivity index (χ0) is 35.3. The molecule has 0 bridgehead atoms. The molecule has 50 heavy (non-hydrogen) atoms. The summed E-state index contributed by atoms with van der Waals surface area (Å²) in [6.07, 6.45) is 10.9. The first kappa shape index (κ1) is 36.5. The highest BCUT2D eigenvalue weighted by Crippen LogP contribution is 2.32. The molecule has 0 radical (unpaired) electrons. The van der Waals surface area contributed by atoms with Crippen LogP contribution in [0.3, 0.4) is 0 Å². The number of carbonyl (C=O) groups excluding carboxylic acids is 4. The summed E-state index contributed by atoms with van der Waals surface area (Å²) in [7, 11) is 0. The molecule has 0 aliphatic carbocycles. The number of ketones is 1. The maximum atomic E-state index is 12.8. The molecule has 0 spiro atoms. The Hall–Kier alpha value is -4.77. The summed E-state index contributed by atoms with van der Waals surface area (Å²) in [6.45, 7) is 5.04. The van der Waals surface area contributed by atoms with Crippen LogP contribution < -0.4 is 10.6 Å². The molecular weight excluding hydrogens is 651 g/mol. The second-order valence-electron chi connectivity index (χ2n) is 12.6. The van der Waals surface area contributed by atoms with Crippen LogP contribution >= 0.6 is 11.8 Å². The molecule has 2 heterocycles. The Morgan fingerprint density at radius 3 is 2.24 bits per heavy atom. The van der Waals surface area contributed by atoms with Crippen LogP contribution in [0.1, 0.15) is 98.2 Å². The number of unbranched alkanes of at least 4 members (excludes halogenated alkanes) is 6. The van der Waals surface area contributed by atoms with Gasteiger partial charge in [-0.1, -0.05) is 62.9 Å². The molecule has 11 heteroatoms. The van der Waals surface area contributed by atoms with Crippen molar-refractivity contribution in [3.63, 3.8) is 0 Å². The van der Waals surface area contributed by atoms with Crippen LogP contribution in [-0.2, 0) is 16.0 Å². The number of fused-ring (bicyclic) bond motifs is 1. The Kier molecular flexibility index (Phi) is 13.4. The van der Waals surface area contributed by atoms with E-state index >= 15 is 0 Å². The van der Waals surface area contributed by atoms with E-state index in [2.05, 4.69) is 27.9 Å². The number of rotatable bonds is 19. The third-order valence-corrected chi connectivity index (χ3v) is 9.77. The van der Waals surface area contributed by atoms with Crippen molar-refractivity contribution in [2.24, 2.45) is 0 Å². The van der Waals surface area contributed by atoms with Crippen LogP contribution in [0.25, 0.3) is 17.1 Å². The van der Waals surface area contributed by atoms with Gasteiger partial charge in [0.25, 0.3) is 17.1 Å². The highest BCUT2D eigenvalue weighted by Gasteiger charge is 2.34. The lowest BCUT2D eigenvalue weighted by atomic mass is 10.0. The number of nitrogens with zero attached hydrogens (tertiary/aromatic N) is 3. The van der Waals surface area contributed by atoms with Gasteiger partial charge < -0.3 is 10.6 Å². The molecule has 0 saturated carbocycles. The number of carbonyl (C=O) groups is 4. The summed E-state index contributed by atoms with van der Waals surface area (Å²) in [5.41, 5.74) is 6.69. The number of aromatic nitrogens is 2. The molecule has 2 N–H and O–H groups in total. The Morgan fingerprint density at radius 2 is 1.50 bits per heavy atom. The average Bonchev–Trinajstić information content (AvgIpc) is 3.73. The second-order valence-corrected chi connectivity index (χ2v) is 13.6. The van der Waals surface area contributed by atoms with Crippen LogP contribution in [0.4, 0.5) is 16.2 Å². The fourth-order valence-electron chi connectivity index (χ4n) is 5.82. The number of thioether (sulfide) groups is 1. The fourth-order valence-corrected chi connectivity index (χ4v) is 6.69. The van der Waals surface area contributed by atoms with E-state index < -0.39 is 0 Å². The molecule has 3 aromatic carbocycles. The second kappa shape index (κ2) is 18.3. The molecule has 10 nitrogen and oxygen atoms in total. The summed E-state index contributed by atoms with van der Waals surface area (Å²) >= 11 is 1.01.